The normalized spacial score (nSPS) is 11.9. The Hall–Kier alpha value is -1.52. The van der Waals surface area contributed by atoms with Gasteiger partial charge in [-0.15, -0.1) is 0 Å². The summed E-state index contributed by atoms with van der Waals surface area (Å²) in [5.74, 6) is 0.766. The second kappa shape index (κ2) is 7.16. The second-order valence-corrected chi connectivity index (χ2v) is 4.99. The lowest BCUT2D eigenvalue weighted by Crippen LogP contribution is -2.26. The lowest BCUT2D eigenvalue weighted by atomic mass is 10.3. The largest absolute Gasteiger partial charge is 0.491 e. The average molecular weight is 322 g/mol. The van der Waals surface area contributed by atoms with Gasteiger partial charge in [-0.2, -0.15) is 0 Å². The maximum atomic E-state index is 9.86. The highest BCUT2D eigenvalue weighted by molar-refractivity contribution is 9.10. The molecule has 2 N–H and O–H groups in total. The van der Waals surface area contributed by atoms with Crippen LogP contribution in [-0.4, -0.2) is 24.4 Å². The van der Waals surface area contributed by atoms with Crippen LogP contribution in [0.25, 0.3) is 0 Å². The Labute approximate surface area is 121 Å². The third kappa shape index (κ3) is 4.58. The first-order valence-electron chi connectivity index (χ1n) is 6.10. The highest BCUT2D eigenvalue weighted by Gasteiger charge is 2.06. The van der Waals surface area contributed by atoms with Crippen molar-refractivity contribution in [2.24, 2.45) is 0 Å². The van der Waals surface area contributed by atoms with Crippen LogP contribution in [0.15, 0.2) is 59.1 Å². The number of nitrogens with one attached hydrogen (secondary N) is 1. The Balaban J connectivity index is 1.76. The first-order chi connectivity index (χ1) is 9.25. The van der Waals surface area contributed by atoms with E-state index in [0.29, 0.717) is 6.54 Å². The molecule has 0 aliphatic heterocycles. The summed E-state index contributed by atoms with van der Waals surface area (Å²) in [7, 11) is 0. The molecule has 0 radical (unpaired) electrons. The van der Waals surface area contributed by atoms with Crippen LogP contribution in [0.4, 0.5) is 5.69 Å². The molecule has 0 spiro atoms. The van der Waals surface area contributed by atoms with Gasteiger partial charge in [-0.3, -0.25) is 0 Å². The van der Waals surface area contributed by atoms with Crippen molar-refractivity contribution in [3.8, 4) is 5.75 Å². The number of aliphatic hydroxyl groups excluding tert-OH is 1. The Morgan fingerprint density at radius 1 is 1.05 bits per heavy atom. The molecule has 3 nitrogen and oxygen atoms in total. The van der Waals surface area contributed by atoms with E-state index in [-0.39, 0.29) is 6.61 Å². The Morgan fingerprint density at radius 3 is 2.47 bits per heavy atom. The van der Waals surface area contributed by atoms with Gasteiger partial charge in [0.1, 0.15) is 18.5 Å². The van der Waals surface area contributed by atoms with Crippen molar-refractivity contribution < 1.29 is 9.84 Å². The smallest absolute Gasteiger partial charge is 0.119 e. The number of anilines is 1. The van der Waals surface area contributed by atoms with E-state index in [2.05, 4.69) is 21.2 Å². The van der Waals surface area contributed by atoms with Gasteiger partial charge in [0.15, 0.2) is 0 Å². The lowest BCUT2D eigenvalue weighted by molar-refractivity contribution is 0.117. The average Bonchev–Trinajstić information content (AvgIpc) is 2.45. The minimum atomic E-state index is -0.563. The summed E-state index contributed by atoms with van der Waals surface area (Å²) in [6.07, 6.45) is -0.563. The Morgan fingerprint density at radius 2 is 1.74 bits per heavy atom. The van der Waals surface area contributed by atoms with Gasteiger partial charge >= 0.3 is 0 Å². The second-order valence-electron chi connectivity index (χ2n) is 4.14. The molecule has 0 saturated heterocycles. The number of hydrogen-bond donors (Lipinski definition) is 2. The van der Waals surface area contributed by atoms with E-state index < -0.39 is 6.10 Å². The third-order valence-corrected chi connectivity index (χ3v) is 3.28. The molecule has 0 heterocycles. The SMILES string of the molecule is OC(CNc1ccccc1Br)COc1ccccc1. The van der Waals surface area contributed by atoms with E-state index in [4.69, 9.17) is 4.74 Å². The van der Waals surface area contributed by atoms with Gasteiger partial charge < -0.3 is 15.2 Å². The van der Waals surface area contributed by atoms with E-state index in [1.807, 2.05) is 54.6 Å². The number of rotatable bonds is 6. The molecule has 100 valence electrons. The zero-order valence-corrected chi connectivity index (χ0v) is 12.0. The summed E-state index contributed by atoms with van der Waals surface area (Å²) in [5, 5.41) is 13.0. The molecule has 0 aliphatic rings. The third-order valence-electron chi connectivity index (χ3n) is 2.59. The van der Waals surface area contributed by atoms with Crippen LogP contribution in [0.1, 0.15) is 0 Å². The molecule has 4 heteroatoms. The van der Waals surface area contributed by atoms with E-state index in [1.54, 1.807) is 0 Å². The standard InChI is InChI=1S/C15H16BrNO2/c16-14-8-4-5-9-15(14)17-10-12(18)11-19-13-6-2-1-3-7-13/h1-9,12,17-18H,10-11H2. The summed E-state index contributed by atoms with van der Waals surface area (Å²) in [6, 6.07) is 17.3. The van der Waals surface area contributed by atoms with E-state index in [0.717, 1.165) is 15.9 Å². The van der Waals surface area contributed by atoms with E-state index in [1.165, 1.54) is 0 Å². The maximum absolute atomic E-state index is 9.86. The minimum absolute atomic E-state index is 0.265. The quantitative estimate of drug-likeness (QED) is 0.857. The van der Waals surface area contributed by atoms with Gasteiger partial charge in [0.05, 0.1) is 0 Å². The first kappa shape index (κ1) is 13.9. The minimum Gasteiger partial charge on any atom is -0.491 e. The van der Waals surface area contributed by atoms with Crippen LogP contribution in [-0.2, 0) is 0 Å². The Bertz CT molecular complexity index is 505. The topological polar surface area (TPSA) is 41.5 Å². The van der Waals surface area contributed by atoms with Gasteiger partial charge in [0, 0.05) is 16.7 Å². The van der Waals surface area contributed by atoms with Crippen LogP contribution in [0.3, 0.4) is 0 Å². The molecule has 1 atom stereocenters. The first-order valence-corrected chi connectivity index (χ1v) is 6.89. The predicted molar refractivity (Wildman–Crippen MR) is 80.6 cm³/mol. The van der Waals surface area contributed by atoms with Gasteiger partial charge in [0.2, 0.25) is 0 Å². The molecular weight excluding hydrogens is 306 g/mol. The summed E-state index contributed by atoms with van der Waals surface area (Å²) in [4.78, 5) is 0. The van der Waals surface area contributed by atoms with Crippen molar-refractivity contribution in [3.63, 3.8) is 0 Å². The molecule has 2 aromatic rings. The lowest BCUT2D eigenvalue weighted by Gasteiger charge is -2.14. The van der Waals surface area contributed by atoms with Gasteiger partial charge in [-0.1, -0.05) is 30.3 Å². The van der Waals surface area contributed by atoms with Gasteiger partial charge in [-0.05, 0) is 40.2 Å². The van der Waals surface area contributed by atoms with Crippen LogP contribution >= 0.6 is 15.9 Å². The summed E-state index contributed by atoms with van der Waals surface area (Å²) < 4.78 is 6.46. The van der Waals surface area contributed by atoms with Crippen molar-refractivity contribution in [3.05, 3.63) is 59.1 Å². The number of aliphatic hydroxyl groups is 1. The summed E-state index contributed by atoms with van der Waals surface area (Å²) in [6.45, 7) is 0.705. The number of halogens is 1. The van der Waals surface area contributed by atoms with Crippen molar-refractivity contribution in [1.29, 1.82) is 0 Å². The molecule has 19 heavy (non-hydrogen) atoms. The fourth-order valence-electron chi connectivity index (χ4n) is 1.60. The molecule has 2 rings (SSSR count). The van der Waals surface area contributed by atoms with Crippen LogP contribution in [0, 0.1) is 0 Å². The van der Waals surface area contributed by atoms with Crippen LogP contribution in [0.2, 0.25) is 0 Å². The number of hydrogen-bond acceptors (Lipinski definition) is 3. The molecule has 0 aromatic heterocycles. The Kier molecular flexibility index (Phi) is 5.24. The van der Waals surface area contributed by atoms with Gasteiger partial charge in [0.25, 0.3) is 0 Å². The molecule has 0 saturated carbocycles. The molecular formula is C15H16BrNO2. The van der Waals surface area contributed by atoms with Crippen LogP contribution < -0.4 is 10.1 Å². The highest BCUT2D eigenvalue weighted by atomic mass is 79.9. The number of benzene rings is 2. The van der Waals surface area contributed by atoms with E-state index in [9.17, 15) is 5.11 Å². The number of para-hydroxylation sites is 2. The zero-order valence-electron chi connectivity index (χ0n) is 10.4. The molecule has 2 aromatic carbocycles. The maximum Gasteiger partial charge on any atom is 0.119 e. The highest BCUT2D eigenvalue weighted by Crippen LogP contribution is 2.20. The van der Waals surface area contributed by atoms with Crippen molar-refractivity contribution in [2.75, 3.05) is 18.5 Å². The zero-order chi connectivity index (χ0) is 13.5. The molecule has 1 unspecified atom stereocenters. The predicted octanol–water partition coefficient (Wildman–Crippen LogP) is 3.30. The van der Waals surface area contributed by atoms with Crippen molar-refractivity contribution in [2.45, 2.75) is 6.10 Å². The fourth-order valence-corrected chi connectivity index (χ4v) is 2.03. The number of ether oxygens (including phenoxy) is 1. The van der Waals surface area contributed by atoms with Crippen molar-refractivity contribution in [1.82, 2.24) is 0 Å². The fraction of sp³-hybridized carbons (Fsp3) is 0.200. The summed E-state index contributed by atoms with van der Waals surface area (Å²) >= 11 is 3.45. The molecule has 0 aliphatic carbocycles. The summed E-state index contributed by atoms with van der Waals surface area (Å²) in [5.41, 5.74) is 0.960. The monoisotopic (exact) mass is 321 g/mol. The molecule has 0 fully saturated rings. The molecule has 0 bridgehead atoms. The van der Waals surface area contributed by atoms with Crippen molar-refractivity contribution >= 4 is 21.6 Å². The molecule has 0 amide bonds. The van der Waals surface area contributed by atoms with E-state index >= 15 is 0 Å². The van der Waals surface area contributed by atoms with Gasteiger partial charge in [-0.25, -0.2) is 0 Å². The van der Waals surface area contributed by atoms with Crippen LogP contribution in [0.5, 0.6) is 5.75 Å².